The monoisotopic (exact) mass is 532 g/mol. The molecule has 198 valence electrons. The maximum atomic E-state index is 14.6. The summed E-state index contributed by atoms with van der Waals surface area (Å²) in [7, 11) is -2.56. The van der Waals surface area contributed by atoms with E-state index in [1.165, 1.54) is 20.1 Å². The molecule has 1 unspecified atom stereocenters. The van der Waals surface area contributed by atoms with Gasteiger partial charge in [-0.3, -0.25) is 9.52 Å². The number of sulfonamides is 1. The molecule has 0 spiro atoms. The topological polar surface area (TPSA) is 109 Å². The van der Waals surface area contributed by atoms with Crippen LogP contribution in [0.4, 0.5) is 29.1 Å². The standard InChI is InChI=1S/C23H28F4N4O4S/c1-6-7-10-28-21-16(8-9-19(30-21)23(25,26)27)13(2)22(32)29-14(3)15-11-17(24)20(18(12-15)35-4)31-36(5,33)34/h8-9,11-12,14,31H,2,6-7,10H2,1,3-5H3,(H,28,30)(H,29,32). The van der Waals surface area contributed by atoms with Gasteiger partial charge in [0.25, 0.3) is 5.91 Å². The maximum absolute atomic E-state index is 14.6. The van der Waals surface area contributed by atoms with Gasteiger partial charge in [0.05, 0.1) is 19.4 Å². The van der Waals surface area contributed by atoms with Crippen LogP contribution in [0.5, 0.6) is 5.75 Å². The van der Waals surface area contributed by atoms with E-state index in [1.54, 1.807) is 0 Å². The van der Waals surface area contributed by atoms with Crippen molar-refractivity contribution in [3.63, 3.8) is 0 Å². The Labute approximate surface area is 207 Å². The fourth-order valence-corrected chi connectivity index (χ4v) is 3.73. The molecule has 0 fully saturated rings. The largest absolute Gasteiger partial charge is 0.494 e. The molecule has 3 N–H and O–H groups in total. The van der Waals surface area contributed by atoms with E-state index in [0.29, 0.717) is 13.0 Å². The fourth-order valence-electron chi connectivity index (χ4n) is 3.17. The van der Waals surface area contributed by atoms with Gasteiger partial charge in [-0.15, -0.1) is 0 Å². The zero-order valence-electron chi connectivity index (χ0n) is 20.2. The molecule has 2 rings (SSSR count). The molecule has 1 aromatic heterocycles. The number of rotatable bonds is 11. The number of hydrogen-bond donors (Lipinski definition) is 3. The molecule has 1 aromatic carbocycles. The summed E-state index contributed by atoms with van der Waals surface area (Å²) in [6.45, 7) is 7.50. The molecule has 0 bridgehead atoms. The molecule has 13 heteroatoms. The Kier molecular flexibility index (Phi) is 9.30. The lowest BCUT2D eigenvalue weighted by Crippen LogP contribution is -2.28. The second-order valence-electron chi connectivity index (χ2n) is 8.00. The first-order chi connectivity index (χ1) is 16.7. The van der Waals surface area contributed by atoms with E-state index in [9.17, 15) is 30.8 Å². The van der Waals surface area contributed by atoms with E-state index < -0.39 is 39.7 Å². The van der Waals surface area contributed by atoms with Crippen LogP contribution in [0.25, 0.3) is 5.57 Å². The number of carbonyl (C=O) groups is 1. The first-order valence-corrected chi connectivity index (χ1v) is 12.7. The SMILES string of the molecule is C=C(C(=O)NC(C)c1cc(F)c(NS(C)(=O)=O)c(OC)c1)c1ccc(C(F)(F)F)nc1NCCCC. The third-order valence-corrected chi connectivity index (χ3v) is 5.61. The second kappa shape index (κ2) is 11.6. The number of unbranched alkanes of at least 4 members (excludes halogenated alkanes) is 1. The minimum atomic E-state index is -4.67. The number of nitrogens with zero attached hydrogens (tertiary/aromatic N) is 1. The highest BCUT2D eigenvalue weighted by Gasteiger charge is 2.33. The Morgan fingerprint density at radius 2 is 1.92 bits per heavy atom. The Balaban J connectivity index is 2.31. The number of nitrogens with one attached hydrogen (secondary N) is 3. The van der Waals surface area contributed by atoms with Crippen molar-refractivity contribution in [1.29, 1.82) is 0 Å². The lowest BCUT2D eigenvalue weighted by atomic mass is 10.0. The van der Waals surface area contributed by atoms with Crippen molar-refractivity contribution in [2.45, 2.75) is 38.9 Å². The number of carbonyl (C=O) groups excluding carboxylic acids is 1. The minimum absolute atomic E-state index is 0.0836. The summed E-state index contributed by atoms with van der Waals surface area (Å²) in [5.74, 6) is -1.89. The number of alkyl halides is 3. The number of aromatic nitrogens is 1. The minimum Gasteiger partial charge on any atom is -0.494 e. The van der Waals surface area contributed by atoms with Crippen molar-refractivity contribution in [3.05, 3.63) is 53.5 Å². The summed E-state index contributed by atoms with van der Waals surface area (Å²) in [5.41, 5.74) is -1.32. The summed E-state index contributed by atoms with van der Waals surface area (Å²) in [6.07, 6.45) is -2.35. The normalized spacial score (nSPS) is 12.6. The zero-order chi connectivity index (χ0) is 27.3. The predicted octanol–water partition coefficient (Wildman–Crippen LogP) is 4.72. The summed E-state index contributed by atoms with van der Waals surface area (Å²) in [4.78, 5) is 16.5. The van der Waals surface area contributed by atoms with Gasteiger partial charge in [0.15, 0.2) is 5.82 Å². The molecule has 1 atom stereocenters. The van der Waals surface area contributed by atoms with Crippen molar-refractivity contribution in [2.75, 3.05) is 29.9 Å². The summed E-state index contributed by atoms with van der Waals surface area (Å²) in [5, 5.41) is 5.42. The van der Waals surface area contributed by atoms with Crippen molar-refractivity contribution < 1.29 is 35.5 Å². The summed E-state index contributed by atoms with van der Waals surface area (Å²) in [6, 6.07) is 3.45. The molecule has 0 aliphatic carbocycles. The van der Waals surface area contributed by atoms with Crippen LogP contribution in [0.15, 0.2) is 30.8 Å². The van der Waals surface area contributed by atoms with Crippen molar-refractivity contribution in [2.24, 2.45) is 0 Å². The molecule has 0 saturated carbocycles. The van der Waals surface area contributed by atoms with Crippen LogP contribution in [0.2, 0.25) is 0 Å². The number of amides is 1. The van der Waals surface area contributed by atoms with Crippen LogP contribution in [-0.2, 0) is 21.0 Å². The average molecular weight is 533 g/mol. The van der Waals surface area contributed by atoms with E-state index in [-0.39, 0.29) is 34.0 Å². The first kappa shape index (κ1) is 28.9. The van der Waals surface area contributed by atoms with Gasteiger partial charge < -0.3 is 15.4 Å². The molecular formula is C23H28F4N4O4S. The number of benzene rings is 1. The van der Waals surface area contributed by atoms with Crippen LogP contribution >= 0.6 is 0 Å². The lowest BCUT2D eigenvalue weighted by Gasteiger charge is -2.20. The molecule has 0 aliphatic rings. The third kappa shape index (κ3) is 7.57. The predicted molar refractivity (Wildman–Crippen MR) is 130 cm³/mol. The Bertz CT molecular complexity index is 1230. The molecule has 0 saturated heterocycles. The van der Waals surface area contributed by atoms with Crippen LogP contribution in [-0.4, -0.2) is 39.2 Å². The number of halogens is 4. The molecule has 1 heterocycles. The van der Waals surface area contributed by atoms with Crippen LogP contribution < -0.4 is 20.1 Å². The first-order valence-electron chi connectivity index (χ1n) is 10.8. The van der Waals surface area contributed by atoms with Crippen molar-refractivity contribution in [1.82, 2.24) is 10.3 Å². The highest BCUT2D eigenvalue weighted by Crippen LogP contribution is 2.33. The third-order valence-electron chi connectivity index (χ3n) is 5.04. The van der Waals surface area contributed by atoms with Gasteiger partial charge in [-0.25, -0.2) is 17.8 Å². The van der Waals surface area contributed by atoms with Crippen LogP contribution in [0.1, 0.15) is 49.6 Å². The molecule has 0 radical (unpaired) electrons. The Hall–Kier alpha value is -3.35. The van der Waals surface area contributed by atoms with Gasteiger partial charge in [0.1, 0.15) is 22.9 Å². The van der Waals surface area contributed by atoms with E-state index >= 15 is 0 Å². The van der Waals surface area contributed by atoms with Crippen molar-refractivity contribution in [3.8, 4) is 5.75 Å². The van der Waals surface area contributed by atoms with E-state index in [2.05, 4.69) is 22.2 Å². The highest BCUT2D eigenvalue weighted by molar-refractivity contribution is 7.92. The van der Waals surface area contributed by atoms with Gasteiger partial charge in [-0.2, -0.15) is 13.2 Å². The van der Waals surface area contributed by atoms with E-state index in [4.69, 9.17) is 4.74 Å². The smallest absolute Gasteiger partial charge is 0.433 e. The molecular weight excluding hydrogens is 504 g/mol. The van der Waals surface area contributed by atoms with Gasteiger partial charge >= 0.3 is 6.18 Å². The number of anilines is 2. The van der Waals surface area contributed by atoms with Gasteiger partial charge in [-0.05, 0) is 43.2 Å². The molecule has 1 amide bonds. The molecule has 36 heavy (non-hydrogen) atoms. The Morgan fingerprint density at radius 3 is 2.47 bits per heavy atom. The number of methoxy groups -OCH3 is 1. The van der Waals surface area contributed by atoms with Gasteiger partial charge in [0.2, 0.25) is 10.0 Å². The number of pyridine rings is 1. The molecule has 8 nitrogen and oxygen atoms in total. The van der Waals surface area contributed by atoms with Gasteiger partial charge in [0, 0.05) is 17.7 Å². The quantitative estimate of drug-likeness (QED) is 0.220. The Morgan fingerprint density at radius 1 is 1.25 bits per heavy atom. The lowest BCUT2D eigenvalue weighted by molar-refractivity contribution is -0.141. The van der Waals surface area contributed by atoms with E-state index in [0.717, 1.165) is 30.9 Å². The summed E-state index contributed by atoms with van der Waals surface area (Å²) >= 11 is 0. The van der Waals surface area contributed by atoms with E-state index in [1.807, 2.05) is 11.6 Å². The highest BCUT2D eigenvalue weighted by atomic mass is 32.2. The summed E-state index contributed by atoms with van der Waals surface area (Å²) < 4.78 is 84.2. The molecule has 0 aliphatic heterocycles. The maximum Gasteiger partial charge on any atom is 0.433 e. The zero-order valence-corrected chi connectivity index (χ0v) is 21.0. The second-order valence-corrected chi connectivity index (χ2v) is 9.75. The fraction of sp³-hybridized carbons (Fsp3) is 0.391. The van der Waals surface area contributed by atoms with Crippen molar-refractivity contribution >= 4 is 33.0 Å². The average Bonchev–Trinajstić information content (AvgIpc) is 2.78. The van der Waals surface area contributed by atoms with Crippen LogP contribution in [0, 0.1) is 5.82 Å². The van der Waals surface area contributed by atoms with Crippen LogP contribution in [0.3, 0.4) is 0 Å². The van der Waals surface area contributed by atoms with Gasteiger partial charge in [-0.1, -0.05) is 19.9 Å². The number of hydrogen-bond acceptors (Lipinski definition) is 6. The molecule has 2 aromatic rings. The number of ether oxygens (including phenoxy) is 1.